The lowest BCUT2D eigenvalue weighted by atomic mass is 10.2. The van der Waals surface area contributed by atoms with E-state index in [1.54, 1.807) is 6.07 Å². The van der Waals surface area contributed by atoms with Crippen LogP contribution < -0.4 is 5.32 Å². The molecule has 2 aromatic carbocycles. The van der Waals surface area contributed by atoms with E-state index < -0.39 is 0 Å². The van der Waals surface area contributed by atoms with E-state index in [4.69, 9.17) is 11.6 Å². The second-order valence-electron chi connectivity index (χ2n) is 4.11. The number of hydrogen-bond donors (Lipinski definition) is 1. The molecule has 94 valence electrons. The van der Waals surface area contributed by atoms with Gasteiger partial charge in [0.25, 0.3) is 0 Å². The lowest BCUT2D eigenvalue weighted by Gasteiger charge is -2.09. The van der Waals surface area contributed by atoms with Crippen LogP contribution in [-0.2, 0) is 6.54 Å². The van der Waals surface area contributed by atoms with E-state index in [1.165, 1.54) is 12.1 Å². The molecule has 18 heavy (non-hydrogen) atoms. The first-order chi connectivity index (χ1) is 8.54. The van der Waals surface area contributed by atoms with E-state index in [9.17, 15) is 4.39 Å². The Morgan fingerprint density at radius 2 is 2.00 bits per heavy atom. The predicted molar refractivity (Wildman–Crippen MR) is 77.6 cm³/mol. The summed E-state index contributed by atoms with van der Waals surface area (Å²) in [4.78, 5) is 0. The number of anilines is 1. The van der Waals surface area contributed by atoms with Gasteiger partial charge in [0.15, 0.2) is 0 Å². The minimum absolute atomic E-state index is 0.276. The van der Waals surface area contributed by atoms with Crippen molar-refractivity contribution in [3.63, 3.8) is 0 Å². The molecule has 0 saturated carbocycles. The van der Waals surface area contributed by atoms with Crippen molar-refractivity contribution in [2.75, 3.05) is 5.32 Å². The highest BCUT2D eigenvalue weighted by Crippen LogP contribution is 2.22. The molecule has 0 heterocycles. The summed E-state index contributed by atoms with van der Waals surface area (Å²) < 4.78 is 14.1. The molecule has 1 nitrogen and oxygen atoms in total. The fourth-order valence-electron chi connectivity index (χ4n) is 1.71. The van der Waals surface area contributed by atoms with Crippen LogP contribution in [0.15, 0.2) is 40.9 Å². The summed E-state index contributed by atoms with van der Waals surface area (Å²) in [6.45, 7) is 2.51. The van der Waals surface area contributed by atoms with Crippen LogP contribution in [0.4, 0.5) is 10.1 Å². The minimum atomic E-state index is -0.276. The second kappa shape index (κ2) is 5.72. The molecule has 0 unspecified atom stereocenters. The molecule has 0 saturated heterocycles. The number of benzene rings is 2. The van der Waals surface area contributed by atoms with Gasteiger partial charge in [0, 0.05) is 21.7 Å². The Kier molecular flexibility index (Phi) is 4.25. The lowest BCUT2D eigenvalue weighted by molar-refractivity contribution is 0.626. The average molecular weight is 329 g/mol. The van der Waals surface area contributed by atoms with Gasteiger partial charge in [-0.25, -0.2) is 4.39 Å². The average Bonchev–Trinajstić information content (AvgIpc) is 2.29. The topological polar surface area (TPSA) is 12.0 Å². The van der Waals surface area contributed by atoms with Crippen LogP contribution in [-0.4, -0.2) is 0 Å². The largest absolute Gasteiger partial charge is 0.381 e. The Morgan fingerprint density at radius 1 is 1.22 bits per heavy atom. The molecule has 0 fully saturated rings. The third-order valence-electron chi connectivity index (χ3n) is 2.53. The van der Waals surface area contributed by atoms with E-state index >= 15 is 0 Å². The highest BCUT2D eigenvalue weighted by atomic mass is 79.9. The van der Waals surface area contributed by atoms with Crippen LogP contribution in [0.1, 0.15) is 11.1 Å². The highest BCUT2D eigenvalue weighted by Gasteiger charge is 2.03. The van der Waals surface area contributed by atoms with Crippen LogP contribution in [0.25, 0.3) is 0 Å². The summed E-state index contributed by atoms with van der Waals surface area (Å²) in [6.07, 6.45) is 0. The summed E-state index contributed by atoms with van der Waals surface area (Å²) in [5.41, 5.74) is 2.87. The number of hydrogen-bond acceptors (Lipinski definition) is 1. The normalized spacial score (nSPS) is 10.4. The smallest absolute Gasteiger partial charge is 0.123 e. The molecule has 2 aromatic rings. The monoisotopic (exact) mass is 327 g/mol. The van der Waals surface area contributed by atoms with Gasteiger partial charge in [0.05, 0.1) is 0 Å². The zero-order valence-electron chi connectivity index (χ0n) is 9.81. The van der Waals surface area contributed by atoms with Gasteiger partial charge < -0.3 is 5.32 Å². The van der Waals surface area contributed by atoms with E-state index in [2.05, 4.69) is 21.2 Å². The van der Waals surface area contributed by atoms with Crippen LogP contribution in [0.2, 0.25) is 5.02 Å². The van der Waals surface area contributed by atoms with E-state index in [0.717, 1.165) is 21.3 Å². The maximum atomic E-state index is 13.1. The predicted octanol–water partition coefficient (Wildman–Crippen LogP) is 5.16. The number of aryl methyl sites for hydroxylation is 1. The molecule has 0 atom stereocenters. The van der Waals surface area contributed by atoms with Gasteiger partial charge in [-0.15, -0.1) is 0 Å². The van der Waals surface area contributed by atoms with Crippen molar-refractivity contribution in [3.8, 4) is 0 Å². The maximum Gasteiger partial charge on any atom is 0.123 e. The zero-order chi connectivity index (χ0) is 13.1. The Balaban J connectivity index is 2.13. The summed E-state index contributed by atoms with van der Waals surface area (Å²) in [5, 5.41) is 3.79. The number of nitrogens with one attached hydrogen (secondary N) is 1. The number of halogens is 3. The van der Waals surface area contributed by atoms with Gasteiger partial charge in [-0.3, -0.25) is 0 Å². The Bertz CT molecular complexity index is 551. The third kappa shape index (κ3) is 3.47. The Hall–Kier alpha value is -1.06. The Labute approximate surface area is 119 Å². The van der Waals surface area contributed by atoms with Gasteiger partial charge in [-0.1, -0.05) is 27.5 Å². The molecule has 0 bridgehead atoms. The first-order valence-corrected chi connectivity index (χ1v) is 6.67. The molecule has 0 radical (unpaired) electrons. The molecule has 0 aliphatic heterocycles. The number of rotatable bonds is 3. The van der Waals surface area contributed by atoms with Crippen molar-refractivity contribution in [1.82, 2.24) is 0 Å². The molecule has 0 amide bonds. The third-order valence-corrected chi connectivity index (χ3v) is 3.36. The van der Waals surface area contributed by atoms with Gasteiger partial charge in [0.2, 0.25) is 0 Å². The molecular weight excluding hydrogens is 317 g/mol. The summed E-state index contributed by atoms with van der Waals surface area (Å²) >= 11 is 9.45. The van der Waals surface area contributed by atoms with E-state index in [-0.39, 0.29) is 5.82 Å². The minimum Gasteiger partial charge on any atom is -0.381 e. The molecule has 1 N–H and O–H groups in total. The first-order valence-electron chi connectivity index (χ1n) is 5.49. The molecule has 0 aromatic heterocycles. The summed E-state index contributed by atoms with van der Waals surface area (Å²) in [7, 11) is 0. The van der Waals surface area contributed by atoms with Gasteiger partial charge in [-0.05, 0) is 54.4 Å². The van der Waals surface area contributed by atoms with Gasteiger partial charge in [0.1, 0.15) is 5.82 Å². The van der Waals surface area contributed by atoms with Crippen LogP contribution in [0.5, 0.6) is 0 Å². The first kappa shape index (κ1) is 13.4. The fourth-order valence-corrected chi connectivity index (χ4v) is 2.51. The van der Waals surface area contributed by atoms with Crippen molar-refractivity contribution in [1.29, 1.82) is 0 Å². The molecule has 4 heteroatoms. The SMILES string of the molecule is Cc1cc(Br)cc(NCc2cc(F)ccc2Cl)c1. The van der Waals surface area contributed by atoms with Crippen molar-refractivity contribution in [2.24, 2.45) is 0 Å². The van der Waals surface area contributed by atoms with Crippen molar-refractivity contribution in [3.05, 3.63) is 62.8 Å². The standard InChI is InChI=1S/C14H12BrClFN/c1-9-4-11(15)7-13(5-9)18-8-10-6-12(17)2-3-14(10)16/h2-7,18H,8H2,1H3. The highest BCUT2D eigenvalue weighted by molar-refractivity contribution is 9.10. The molecule has 2 rings (SSSR count). The Morgan fingerprint density at radius 3 is 2.72 bits per heavy atom. The molecule has 0 aliphatic carbocycles. The lowest BCUT2D eigenvalue weighted by Crippen LogP contribution is -2.01. The zero-order valence-corrected chi connectivity index (χ0v) is 12.1. The van der Waals surface area contributed by atoms with Crippen LogP contribution in [0, 0.1) is 12.7 Å². The summed E-state index contributed by atoms with van der Waals surface area (Å²) in [5.74, 6) is -0.276. The van der Waals surface area contributed by atoms with Crippen molar-refractivity contribution >= 4 is 33.2 Å². The van der Waals surface area contributed by atoms with E-state index in [1.807, 2.05) is 25.1 Å². The second-order valence-corrected chi connectivity index (χ2v) is 5.43. The van der Waals surface area contributed by atoms with Gasteiger partial charge >= 0.3 is 0 Å². The maximum absolute atomic E-state index is 13.1. The molecular formula is C14H12BrClFN. The van der Waals surface area contributed by atoms with Crippen molar-refractivity contribution in [2.45, 2.75) is 13.5 Å². The summed E-state index contributed by atoms with van der Waals surface area (Å²) in [6, 6.07) is 10.4. The van der Waals surface area contributed by atoms with E-state index in [0.29, 0.717) is 11.6 Å². The van der Waals surface area contributed by atoms with Crippen molar-refractivity contribution < 1.29 is 4.39 Å². The molecule has 0 aliphatic rings. The quantitative estimate of drug-likeness (QED) is 0.820. The van der Waals surface area contributed by atoms with Crippen LogP contribution >= 0.6 is 27.5 Å². The van der Waals surface area contributed by atoms with Crippen LogP contribution in [0.3, 0.4) is 0 Å². The molecule has 0 spiro atoms. The fraction of sp³-hybridized carbons (Fsp3) is 0.143. The van der Waals surface area contributed by atoms with Gasteiger partial charge in [-0.2, -0.15) is 0 Å².